The molecule has 2 aromatic rings. The van der Waals surface area contributed by atoms with Crippen molar-refractivity contribution in [3.8, 4) is 5.69 Å². The first kappa shape index (κ1) is 9.20. The molecule has 0 radical (unpaired) electrons. The highest BCUT2D eigenvalue weighted by Crippen LogP contribution is 2.06. The van der Waals surface area contributed by atoms with E-state index >= 15 is 0 Å². The Morgan fingerprint density at radius 1 is 1.40 bits per heavy atom. The van der Waals surface area contributed by atoms with Gasteiger partial charge >= 0.3 is 11.6 Å². The molecule has 6 nitrogen and oxygen atoms in total. The number of aromatic amines is 1. The number of nitrogens with one attached hydrogen (secondary N) is 1. The molecule has 1 aromatic heterocycles. The van der Waals surface area contributed by atoms with E-state index < -0.39 is 11.6 Å². The highest BCUT2D eigenvalue weighted by molar-refractivity contribution is 5.90. The minimum atomic E-state index is -1.07. The molecule has 1 heterocycles. The van der Waals surface area contributed by atoms with Crippen LogP contribution in [0.1, 0.15) is 10.4 Å². The van der Waals surface area contributed by atoms with Crippen molar-refractivity contribution >= 4 is 5.97 Å². The van der Waals surface area contributed by atoms with E-state index in [1.165, 1.54) is 10.7 Å². The quantitative estimate of drug-likeness (QED) is 0.675. The van der Waals surface area contributed by atoms with E-state index in [4.69, 9.17) is 5.11 Å². The maximum atomic E-state index is 10.9. The van der Waals surface area contributed by atoms with E-state index in [0.717, 1.165) is 6.20 Å². The Kier molecular flexibility index (Phi) is 2.09. The van der Waals surface area contributed by atoms with Crippen molar-refractivity contribution in [3.05, 3.63) is 46.4 Å². The number of hydrogen-bond donors (Lipinski definition) is 2. The van der Waals surface area contributed by atoms with E-state index in [9.17, 15) is 9.59 Å². The van der Waals surface area contributed by atoms with Gasteiger partial charge in [0, 0.05) is 6.07 Å². The van der Waals surface area contributed by atoms with Crippen LogP contribution in [0.3, 0.4) is 0 Å². The fourth-order valence-corrected chi connectivity index (χ4v) is 1.24. The maximum Gasteiger partial charge on any atom is 0.427 e. The molecule has 0 amide bonds. The second-order valence-corrected chi connectivity index (χ2v) is 2.83. The van der Waals surface area contributed by atoms with Crippen LogP contribution in [0.2, 0.25) is 0 Å². The Morgan fingerprint density at radius 2 is 2.13 bits per heavy atom. The van der Waals surface area contributed by atoms with Gasteiger partial charge in [-0.3, -0.25) is 4.52 Å². The molecule has 0 aliphatic rings. The molecule has 0 aliphatic heterocycles. The summed E-state index contributed by atoms with van der Waals surface area (Å²) in [7, 11) is 0. The zero-order valence-corrected chi connectivity index (χ0v) is 7.51. The van der Waals surface area contributed by atoms with Crippen molar-refractivity contribution in [2.45, 2.75) is 0 Å². The van der Waals surface area contributed by atoms with Gasteiger partial charge in [-0.25, -0.2) is 9.59 Å². The Morgan fingerprint density at radius 3 is 2.73 bits per heavy atom. The summed E-state index contributed by atoms with van der Waals surface area (Å²) in [5.74, 6) is -1.07. The third kappa shape index (κ3) is 1.64. The van der Waals surface area contributed by atoms with E-state index in [-0.39, 0.29) is 5.56 Å². The summed E-state index contributed by atoms with van der Waals surface area (Å²) < 4.78 is 5.66. The molecular formula is C9H7N2O4+. The molecule has 6 heteroatoms. The first-order chi connectivity index (χ1) is 7.18. The monoisotopic (exact) mass is 207 g/mol. The first-order valence-corrected chi connectivity index (χ1v) is 4.11. The van der Waals surface area contributed by atoms with Crippen molar-refractivity contribution in [2.24, 2.45) is 0 Å². The summed E-state index contributed by atoms with van der Waals surface area (Å²) in [6.45, 7) is 0. The smallest absolute Gasteiger partial charge is 0.427 e. The number of carboxylic acids is 1. The number of nitrogens with zero attached hydrogens (tertiary/aromatic N) is 1. The van der Waals surface area contributed by atoms with Crippen molar-refractivity contribution in [3.63, 3.8) is 0 Å². The Bertz CT molecular complexity index is 555. The molecule has 0 saturated heterocycles. The topological polar surface area (TPSA) is 87.2 Å². The zero-order chi connectivity index (χ0) is 10.8. The number of hydrogen-bond acceptors (Lipinski definition) is 3. The van der Waals surface area contributed by atoms with Gasteiger partial charge in [0.15, 0.2) is 0 Å². The number of benzene rings is 1. The van der Waals surface area contributed by atoms with Gasteiger partial charge < -0.3 is 5.11 Å². The summed E-state index contributed by atoms with van der Waals surface area (Å²) in [4.78, 5) is 21.6. The number of aromatic nitrogens is 2. The lowest BCUT2D eigenvalue weighted by Gasteiger charge is -1.94. The van der Waals surface area contributed by atoms with Crippen LogP contribution in [-0.4, -0.2) is 16.3 Å². The second-order valence-electron chi connectivity index (χ2n) is 2.83. The summed E-state index contributed by atoms with van der Waals surface area (Å²) in [5.41, 5.74) is -0.148. The molecule has 0 aliphatic carbocycles. The van der Waals surface area contributed by atoms with Gasteiger partial charge in [0.2, 0.25) is 0 Å². The van der Waals surface area contributed by atoms with Crippen LogP contribution in [0.4, 0.5) is 0 Å². The summed E-state index contributed by atoms with van der Waals surface area (Å²) >= 11 is 0. The molecule has 76 valence electrons. The lowest BCUT2D eigenvalue weighted by atomic mass is 10.2. The molecule has 15 heavy (non-hydrogen) atoms. The molecule has 0 unspecified atom stereocenters. The number of carbonyl (C=O) groups is 1. The van der Waals surface area contributed by atoms with Crippen LogP contribution in [-0.2, 0) is 0 Å². The largest absolute Gasteiger partial charge is 0.477 e. The molecule has 0 atom stereocenters. The minimum Gasteiger partial charge on any atom is -0.477 e. The van der Waals surface area contributed by atoms with Crippen molar-refractivity contribution < 1.29 is 19.1 Å². The standard InChI is InChI=1S/C9H6N2O4/c12-8-5-11(10-15-8)7-4-2-1-3-6(7)9(13)14/h1-5H,(H-,10,12,13,14)/p+1. The molecule has 2 rings (SSSR count). The van der Waals surface area contributed by atoms with E-state index in [2.05, 4.69) is 9.79 Å². The van der Waals surface area contributed by atoms with Gasteiger partial charge in [0.05, 0.1) is 0 Å². The number of para-hydroxylation sites is 1. The maximum absolute atomic E-state index is 10.9. The van der Waals surface area contributed by atoms with Gasteiger partial charge in [-0.1, -0.05) is 12.1 Å². The zero-order valence-electron chi connectivity index (χ0n) is 7.51. The lowest BCUT2D eigenvalue weighted by molar-refractivity contribution is -0.670. The molecule has 0 spiro atoms. The van der Waals surface area contributed by atoms with Crippen LogP contribution in [0.5, 0.6) is 0 Å². The van der Waals surface area contributed by atoms with Gasteiger partial charge in [-0.15, -0.1) is 0 Å². The number of aromatic carboxylic acids is 1. The average Bonchev–Trinajstić information content (AvgIpc) is 2.65. The normalized spacial score (nSPS) is 10.1. The van der Waals surface area contributed by atoms with Crippen LogP contribution >= 0.6 is 0 Å². The van der Waals surface area contributed by atoms with E-state index in [0.29, 0.717) is 5.69 Å². The number of carboxylic acid groups (broad SMARTS) is 1. The third-order valence-corrected chi connectivity index (χ3v) is 1.87. The van der Waals surface area contributed by atoms with E-state index in [1.807, 2.05) is 0 Å². The van der Waals surface area contributed by atoms with Gasteiger partial charge in [-0.05, 0) is 16.0 Å². The van der Waals surface area contributed by atoms with Crippen LogP contribution in [0, 0.1) is 0 Å². The Hall–Kier alpha value is -2.37. The fraction of sp³-hybridized carbons (Fsp3) is 0. The Balaban J connectivity index is 2.62. The third-order valence-electron chi connectivity index (χ3n) is 1.87. The fourth-order valence-electron chi connectivity index (χ4n) is 1.24. The van der Waals surface area contributed by atoms with Crippen LogP contribution < -0.4 is 10.3 Å². The SMILES string of the molecule is O=C(O)c1ccccc1-[n+]1cc(=O)o[nH]1. The van der Waals surface area contributed by atoms with Crippen molar-refractivity contribution in [1.29, 1.82) is 0 Å². The van der Waals surface area contributed by atoms with E-state index in [1.54, 1.807) is 18.2 Å². The predicted octanol–water partition coefficient (Wildman–Crippen LogP) is -0.0572. The molecule has 0 fully saturated rings. The Labute approximate surface area is 83.3 Å². The van der Waals surface area contributed by atoms with Crippen molar-refractivity contribution in [2.75, 3.05) is 0 Å². The second kappa shape index (κ2) is 3.41. The predicted molar refractivity (Wildman–Crippen MR) is 47.8 cm³/mol. The highest BCUT2D eigenvalue weighted by atomic mass is 16.5. The highest BCUT2D eigenvalue weighted by Gasteiger charge is 2.19. The number of H-pyrrole nitrogens is 1. The number of rotatable bonds is 2. The van der Waals surface area contributed by atoms with Gasteiger partial charge in [-0.2, -0.15) is 0 Å². The van der Waals surface area contributed by atoms with Crippen LogP contribution in [0.15, 0.2) is 39.8 Å². The average molecular weight is 207 g/mol. The summed E-state index contributed by atoms with van der Waals surface area (Å²) in [6.07, 6.45) is 1.13. The molecule has 2 N–H and O–H groups in total. The summed E-state index contributed by atoms with van der Waals surface area (Å²) in [6, 6.07) is 6.27. The molecular weight excluding hydrogens is 200 g/mol. The lowest BCUT2D eigenvalue weighted by Crippen LogP contribution is -2.34. The minimum absolute atomic E-state index is 0.0829. The first-order valence-electron chi connectivity index (χ1n) is 4.11. The molecule has 0 bridgehead atoms. The van der Waals surface area contributed by atoms with Gasteiger partial charge in [0.25, 0.3) is 11.9 Å². The summed E-state index contributed by atoms with van der Waals surface area (Å²) in [5, 5.41) is 11.2. The van der Waals surface area contributed by atoms with Crippen molar-refractivity contribution in [1.82, 2.24) is 5.27 Å². The van der Waals surface area contributed by atoms with Gasteiger partial charge in [0.1, 0.15) is 5.56 Å². The molecule has 1 aromatic carbocycles. The molecule has 0 saturated carbocycles. The van der Waals surface area contributed by atoms with Crippen LogP contribution in [0.25, 0.3) is 5.69 Å².